The van der Waals surface area contributed by atoms with Gasteiger partial charge in [0.25, 0.3) is 0 Å². The van der Waals surface area contributed by atoms with Crippen molar-refractivity contribution in [1.29, 1.82) is 0 Å². The average molecular weight is 1720 g/mol. The molecule has 0 aliphatic carbocycles. The molecule has 1 aliphatic heterocycles. The van der Waals surface area contributed by atoms with Crippen molar-refractivity contribution in [2.45, 2.75) is 180 Å². The molecule has 8 N–H and O–H groups in total. The monoisotopic (exact) mass is 1720 g/mol. The van der Waals surface area contributed by atoms with Crippen LogP contribution in [-0.4, -0.2) is 163 Å². The summed E-state index contributed by atoms with van der Waals surface area (Å²) in [4.78, 5) is 132. The van der Waals surface area contributed by atoms with Crippen LogP contribution in [0.2, 0.25) is 0 Å². The number of amides is 8. The Morgan fingerprint density at radius 3 is 1.45 bits per heavy atom. The van der Waals surface area contributed by atoms with Crippen molar-refractivity contribution in [2.24, 2.45) is 0 Å². The Bertz CT molecular complexity index is 5030. The van der Waals surface area contributed by atoms with E-state index in [-0.39, 0.29) is 71.1 Å². The number of carbonyl (C=O) groups excluding carboxylic acids is 10. The fourth-order valence-electron chi connectivity index (χ4n) is 14.5. The van der Waals surface area contributed by atoms with Crippen LogP contribution in [0.4, 0.5) is 9.59 Å². The number of fused-ring (bicyclic) bond motifs is 11. The number of alkyl carbamates (subject to hydrolysis) is 2. The van der Waals surface area contributed by atoms with Crippen LogP contribution in [0.1, 0.15) is 129 Å². The van der Waals surface area contributed by atoms with Crippen LogP contribution in [0.25, 0.3) is 65.3 Å². The Morgan fingerprint density at radius 2 is 0.975 bits per heavy atom. The molecule has 8 amide bonds. The summed E-state index contributed by atoms with van der Waals surface area (Å²) in [6, 6.07) is 33.1. The first-order valence-electron chi connectivity index (χ1n) is 39.5. The number of benzene rings is 8. The molecule has 2 unspecified atom stereocenters. The molecule has 8 aromatic carbocycles. The Labute approximate surface area is 708 Å². The maximum absolute atomic E-state index is 14.4. The second kappa shape index (κ2) is 44.6. The number of rotatable bonds is 29. The van der Waals surface area contributed by atoms with E-state index in [0.29, 0.717) is 72.6 Å². The molecule has 0 saturated carbocycles. The van der Waals surface area contributed by atoms with Crippen LogP contribution in [0, 0.1) is 0 Å². The van der Waals surface area contributed by atoms with Gasteiger partial charge in [-0.3, -0.25) is 28.8 Å². The van der Waals surface area contributed by atoms with Crippen LogP contribution < -0.4 is 61.5 Å². The van der Waals surface area contributed by atoms with Gasteiger partial charge in [0.2, 0.25) is 35.4 Å². The molecule has 8 aromatic rings. The molecular weight excluding hydrogens is 1610 g/mol. The topological polar surface area (TPSA) is 341 Å². The largest absolute Gasteiger partial charge is 0.496 e. The number of carbonyl (C=O) groups is 10. The maximum atomic E-state index is 14.4. The van der Waals surface area contributed by atoms with E-state index < -0.39 is 107 Å². The third-order valence-electron chi connectivity index (χ3n) is 19.6. The van der Waals surface area contributed by atoms with Gasteiger partial charge in [-0.1, -0.05) is 121 Å². The predicted octanol–water partition coefficient (Wildman–Crippen LogP) is 12.9. The van der Waals surface area contributed by atoms with Crippen molar-refractivity contribution < 1.29 is 105 Å². The van der Waals surface area contributed by atoms with Crippen LogP contribution >= 0.6 is 0 Å². The van der Waals surface area contributed by atoms with Gasteiger partial charge in [-0.25, -0.2) is 19.2 Å². The van der Waals surface area contributed by atoms with Gasteiger partial charge in [-0.15, -0.1) is 13.2 Å². The second-order valence-corrected chi connectivity index (χ2v) is 30.6. The average Bonchev–Trinajstić information content (AvgIpc) is 0.742. The molecular formula is C92H112N8O18Ru. The molecule has 26 nitrogen and oxygen atoms in total. The van der Waals surface area contributed by atoms with Gasteiger partial charge in [0.1, 0.15) is 70.5 Å². The molecule has 0 fully saturated rings. The molecule has 0 aromatic heterocycles. The normalized spacial score (nSPS) is 15.0. The van der Waals surface area contributed by atoms with Gasteiger partial charge in [-0.2, -0.15) is 0 Å². The minimum Gasteiger partial charge on any atom is -0.496 e. The van der Waals surface area contributed by atoms with E-state index in [1.54, 1.807) is 76.1 Å². The van der Waals surface area contributed by atoms with Gasteiger partial charge in [0.15, 0.2) is 0 Å². The molecule has 1 heterocycles. The molecule has 636 valence electrons. The van der Waals surface area contributed by atoms with E-state index in [2.05, 4.69) is 67.8 Å². The van der Waals surface area contributed by atoms with E-state index in [0.717, 1.165) is 76.5 Å². The van der Waals surface area contributed by atoms with E-state index in [1.807, 2.05) is 121 Å². The quantitative estimate of drug-likeness (QED) is 0.00710. The number of hydrogen-bond acceptors (Lipinski definition) is 18. The third-order valence-corrected chi connectivity index (χ3v) is 19.6. The Hall–Kier alpha value is -11.9. The number of esters is 2. The van der Waals surface area contributed by atoms with Gasteiger partial charge in [0, 0.05) is 81.5 Å². The van der Waals surface area contributed by atoms with E-state index in [1.165, 1.54) is 34.1 Å². The first kappa shape index (κ1) is 94.3. The number of allylic oxidation sites excluding steroid dienone is 2. The first-order valence-corrected chi connectivity index (χ1v) is 39.5. The summed E-state index contributed by atoms with van der Waals surface area (Å²) in [6.45, 7) is 21.4. The first-order chi connectivity index (χ1) is 56.4. The van der Waals surface area contributed by atoms with E-state index >= 15 is 0 Å². The summed E-state index contributed by atoms with van der Waals surface area (Å²) in [5.74, 6) is -2.46. The van der Waals surface area contributed by atoms with Gasteiger partial charge >= 0.3 is 24.1 Å². The van der Waals surface area contributed by atoms with Gasteiger partial charge < -0.3 is 80.4 Å². The number of nitrogens with one attached hydrogen (secondary N) is 8. The Morgan fingerprint density at radius 1 is 0.513 bits per heavy atom. The predicted molar refractivity (Wildman–Crippen MR) is 457 cm³/mol. The molecule has 0 saturated heterocycles. The molecule has 6 atom stereocenters. The molecule has 1 aliphatic rings. The molecule has 0 radical (unpaired) electrons. The minimum atomic E-state index is -1.16. The second-order valence-electron chi connectivity index (χ2n) is 30.6. The molecule has 4 bridgehead atoms. The summed E-state index contributed by atoms with van der Waals surface area (Å²) in [5, 5.41) is 29.5. The van der Waals surface area contributed by atoms with Gasteiger partial charge in [-0.05, 0) is 195 Å². The zero-order valence-electron chi connectivity index (χ0n) is 70.3. The van der Waals surface area contributed by atoms with Crippen molar-refractivity contribution in [1.82, 2.24) is 42.5 Å². The number of ether oxygens (including phenoxy) is 8. The Kier molecular flexibility index (Phi) is 35.4. The third kappa shape index (κ3) is 25.8. The molecule has 0 spiro atoms. The van der Waals surface area contributed by atoms with Crippen molar-refractivity contribution >= 4 is 103 Å². The minimum absolute atomic E-state index is 0. The zero-order valence-corrected chi connectivity index (χ0v) is 72.1. The molecule has 9 rings (SSSR count). The fourth-order valence-corrected chi connectivity index (χ4v) is 14.5. The summed E-state index contributed by atoms with van der Waals surface area (Å²) in [7, 11) is 8.85. The smallest absolute Gasteiger partial charge is 0.407 e. The summed E-state index contributed by atoms with van der Waals surface area (Å²) < 4.78 is 45.4. The number of hydrogen-bond donors (Lipinski definition) is 8. The van der Waals surface area contributed by atoms with Crippen LogP contribution in [0.15, 0.2) is 159 Å². The maximum Gasteiger partial charge on any atom is 0.407 e. The summed E-state index contributed by atoms with van der Waals surface area (Å²) in [5.41, 5.74) is 4.87. The molecule has 27 heteroatoms. The van der Waals surface area contributed by atoms with Crippen LogP contribution in [0.3, 0.4) is 0 Å². The van der Waals surface area contributed by atoms with E-state index in [4.69, 9.17) is 37.9 Å². The Balaban J connectivity index is 0.000000326. The fraction of sp³-hybridized carbons (Fsp3) is 0.391. The van der Waals surface area contributed by atoms with Gasteiger partial charge in [0.05, 0.1) is 42.7 Å². The molecule has 119 heavy (non-hydrogen) atoms. The van der Waals surface area contributed by atoms with E-state index in [9.17, 15) is 47.9 Å². The van der Waals surface area contributed by atoms with Crippen molar-refractivity contribution in [3.8, 4) is 45.3 Å². The number of unbranched alkanes of at least 4 members (excludes halogenated alkanes) is 2. The summed E-state index contributed by atoms with van der Waals surface area (Å²) in [6.07, 6.45) is 9.08. The zero-order chi connectivity index (χ0) is 86.0. The van der Waals surface area contributed by atoms with Crippen LogP contribution in [-0.2, 0) is 102 Å². The SMILES string of the molecule is C=CCc1cc2ccccc2c(-c2c(OC)c(CC(NC(C)=O)C(=O)N[C@H](CCCCNC(=O)OC(C)(C)C)C(=O)N[C@@H](CC=C)C(=O)OC)cc3ccccc23)c1OC.COC(=O)[C@@H]1CC=CCc2cc3ccccc3c(c2OC)-c2c(OC)c(cc3ccccc23)CC(NC(C)=O)C(=O)N[C@H](CCCCNC(=O)OC(C)(C)C)C(=O)N1.[Ru]. The van der Waals surface area contributed by atoms with Crippen molar-refractivity contribution in [2.75, 3.05) is 55.7 Å². The number of methoxy groups -OCH3 is 6. The van der Waals surface area contributed by atoms with Crippen molar-refractivity contribution in [3.63, 3.8) is 0 Å². The van der Waals surface area contributed by atoms with Crippen molar-refractivity contribution in [3.05, 3.63) is 181 Å². The van der Waals surface area contributed by atoms with Crippen LogP contribution in [0.5, 0.6) is 23.0 Å². The standard InChI is InChI=1S/C47H58N4O9.C45H54N4O9.Ru/c1-10-18-32-26-30-20-12-14-22-34(30)39(41(32)57-7)40-35-23-15-13-21-31(35)27-33(42(40)58-8)28-38(49-29(3)52)44(54)50-36(43(53)51-37(19-11-2)45(55)59-9)24-16-17-25-48-46(56)60-47(4,5)6;1-27(50)47-36-26-31-25-29-17-9-12-20-33(29)38(40(31)56-6)37-32-19-11-8-16-28(32)24-30(39(37)55-5)18-10-13-22-35(43(53)57-7)49-41(51)34(48-42(36)52)21-14-15-23-46-44(54)58-45(2,3)4;/h10-15,20-23,26-27,36-38H,1-2,16-19,24-25,28H2,3-9H3,(H,48,56)(H,49,52)(H,50,54)(H,51,53);8-13,16-17,19-20,24-25,34-36H,14-15,18,21-23,26H2,1-7H3,(H,46,54)(H,47,50)(H,48,52)(H,49,51);/t36-,37+,38?;34-,35+,36?;/m11./s1. The summed E-state index contributed by atoms with van der Waals surface area (Å²) >= 11 is 0.